The molecule has 122 valence electrons. The van der Waals surface area contributed by atoms with E-state index in [4.69, 9.17) is 9.47 Å². The Morgan fingerprint density at radius 2 is 2.27 bits per heavy atom. The lowest BCUT2D eigenvalue weighted by Crippen LogP contribution is -2.38. The van der Waals surface area contributed by atoms with Crippen LogP contribution in [-0.2, 0) is 20.9 Å². The summed E-state index contributed by atoms with van der Waals surface area (Å²) in [7, 11) is 2.97. The molecule has 0 aliphatic carbocycles. The third kappa shape index (κ3) is 3.22. The van der Waals surface area contributed by atoms with Crippen LogP contribution in [0.4, 0.5) is 9.93 Å². The molecule has 1 aliphatic rings. The van der Waals surface area contributed by atoms with E-state index in [1.165, 1.54) is 18.4 Å². The molecular formula is C14H21N3O4S. The van der Waals surface area contributed by atoms with E-state index in [0.717, 1.165) is 5.69 Å². The number of methoxy groups -OCH3 is 2. The SMILES string of the molecule is COCc1csc(NC(=O)N2C[C@@H](C)[C@](C)(C(=O)OC)C2)n1. The van der Waals surface area contributed by atoms with Gasteiger partial charge in [-0.1, -0.05) is 6.92 Å². The highest BCUT2D eigenvalue weighted by Crippen LogP contribution is 2.36. The molecule has 1 saturated heterocycles. The lowest BCUT2D eigenvalue weighted by atomic mass is 9.81. The lowest BCUT2D eigenvalue weighted by Gasteiger charge is -2.24. The Morgan fingerprint density at radius 3 is 2.91 bits per heavy atom. The first kappa shape index (κ1) is 16.7. The zero-order chi connectivity index (χ0) is 16.3. The second-order valence-electron chi connectivity index (χ2n) is 5.70. The monoisotopic (exact) mass is 327 g/mol. The van der Waals surface area contributed by atoms with Gasteiger partial charge in [0.25, 0.3) is 0 Å². The Bertz CT molecular complexity index is 562. The molecule has 2 atom stereocenters. The van der Waals surface area contributed by atoms with Crippen molar-refractivity contribution in [3.63, 3.8) is 0 Å². The fourth-order valence-corrected chi connectivity index (χ4v) is 3.24. The molecule has 7 nitrogen and oxygen atoms in total. The summed E-state index contributed by atoms with van der Waals surface area (Å²) in [5.74, 6) is -0.252. The van der Waals surface area contributed by atoms with Crippen LogP contribution in [-0.4, -0.2) is 49.2 Å². The largest absolute Gasteiger partial charge is 0.469 e. The highest BCUT2D eigenvalue weighted by Gasteiger charge is 2.48. The van der Waals surface area contributed by atoms with Gasteiger partial charge in [0, 0.05) is 25.6 Å². The number of likely N-dealkylation sites (tertiary alicyclic amines) is 1. The first-order chi connectivity index (χ1) is 10.4. The number of aromatic nitrogens is 1. The zero-order valence-corrected chi connectivity index (χ0v) is 14.0. The van der Waals surface area contributed by atoms with Crippen LogP contribution in [0.2, 0.25) is 0 Å². The maximum Gasteiger partial charge on any atom is 0.323 e. The summed E-state index contributed by atoms with van der Waals surface area (Å²) in [6, 6.07) is -0.252. The van der Waals surface area contributed by atoms with Gasteiger partial charge in [-0.05, 0) is 12.8 Å². The first-order valence-corrected chi connectivity index (χ1v) is 7.86. The van der Waals surface area contributed by atoms with E-state index < -0.39 is 5.41 Å². The summed E-state index contributed by atoms with van der Waals surface area (Å²) < 4.78 is 9.86. The predicted molar refractivity (Wildman–Crippen MR) is 82.7 cm³/mol. The Hall–Kier alpha value is -1.67. The van der Waals surface area contributed by atoms with E-state index in [9.17, 15) is 9.59 Å². The van der Waals surface area contributed by atoms with Crippen LogP contribution in [0.25, 0.3) is 0 Å². The molecule has 0 aromatic carbocycles. The molecule has 1 aromatic rings. The molecular weight excluding hydrogens is 306 g/mol. The van der Waals surface area contributed by atoms with Gasteiger partial charge in [0.15, 0.2) is 5.13 Å². The van der Waals surface area contributed by atoms with Crippen molar-refractivity contribution in [2.75, 3.05) is 32.6 Å². The Balaban J connectivity index is 2.00. The van der Waals surface area contributed by atoms with E-state index in [2.05, 4.69) is 10.3 Å². The highest BCUT2D eigenvalue weighted by atomic mass is 32.1. The van der Waals surface area contributed by atoms with Crippen molar-refractivity contribution in [2.24, 2.45) is 11.3 Å². The van der Waals surface area contributed by atoms with Gasteiger partial charge < -0.3 is 14.4 Å². The van der Waals surface area contributed by atoms with Crippen LogP contribution in [0.1, 0.15) is 19.5 Å². The summed E-state index contributed by atoms with van der Waals surface area (Å²) in [4.78, 5) is 30.2. The summed E-state index contributed by atoms with van der Waals surface area (Å²) in [5.41, 5.74) is 0.105. The molecule has 0 spiro atoms. The molecule has 0 radical (unpaired) electrons. The van der Waals surface area contributed by atoms with Gasteiger partial charge in [0.1, 0.15) is 0 Å². The number of carbonyl (C=O) groups is 2. The van der Waals surface area contributed by atoms with Crippen LogP contribution < -0.4 is 5.32 Å². The van der Waals surface area contributed by atoms with E-state index in [1.54, 1.807) is 12.0 Å². The van der Waals surface area contributed by atoms with E-state index in [1.807, 2.05) is 19.2 Å². The predicted octanol–water partition coefficient (Wildman–Crippen LogP) is 1.95. The maximum atomic E-state index is 12.3. The van der Waals surface area contributed by atoms with Crippen LogP contribution in [0.5, 0.6) is 0 Å². The fourth-order valence-electron chi connectivity index (χ4n) is 2.55. The number of ether oxygens (including phenoxy) is 2. The molecule has 0 saturated carbocycles. The number of rotatable bonds is 4. The number of amides is 2. The molecule has 1 fully saturated rings. The number of nitrogens with zero attached hydrogens (tertiary/aromatic N) is 2. The summed E-state index contributed by atoms with van der Waals surface area (Å²) in [6.45, 7) is 5.03. The molecule has 2 rings (SSSR count). The molecule has 22 heavy (non-hydrogen) atoms. The molecule has 0 unspecified atom stereocenters. The second-order valence-corrected chi connectivity index (χ2v) is 6.56. The molecule has 2 heterocycles. The lowest BCUT2D eigenvalue weighted by molar-refractivity contribution is -0.152. The van der Waals surface area contributed by atoms with Gasteiger partial charge in [-0.25, -0.2) is 9.78 Å². The maximum absolute atomic E-state index is 12.3. The highest BCUT2D eigenvalue weighted by molar-refractivity contribution is 7.13. The van der Waals surface area contributed by atoms with Crippen molar-refractivity contribution < 1.29 is 19.1 Å². The minimum absolute atomic E-state index is 0.0334. The first-order valence-electron chi connectivity index (χ1n) is 6.98. The van der Waals surface area contributed by atoms with Crippen molar-refractivity contribution in [3.8, 4) is 0 Å². The number of hydrogen-bond donors (Lipinski definition) is 1. The van der Waals surface area contributed by atoms with Gasteiger partial charge in [-0.2, -0.15) is 0 Å². The minimum Gasteiger partial charge on any atom is -0.469 e. The molecule has 1 N–H and O–H groups in total. The van der Waals surface area contributed by atoms with Gasteiger partial charge in [-0.3, -0.25) is 10.1 Å². The molecule has 1 aliphatic heterocycles. The van der Waals surface area contributed by atoms with Gasteiger partial charge in [0.2, 0.25) is 0 Å². The van der Waals surface area contributed by atoms with Crippen molar-refractivity contribution >= 4 is 28.5 Å². The van der Waals surface area contributed by atoms with Crippen LogP contribution in [0.3, 0.4) is 0 Å². The van der Waals surface area contributed by atoms with Gasteiger partial charge in [-0.15, -0.1) is 11.3 Å². The van der Waals surface area contributed by atoms with Gasteiger partial charge >= 0.3 is 12.0 Å². The van der Waals surface area contributed by atoms with Gasteiger partial charge in [0.05, 0.1) is 24.8 Å². The average molecular weight is 327 g/mol. The van der Waals surface area contributed by atoms with Crippen molar-refractivity contribution in [3.05, 3.63) is 11.1 Å². The van der Waals surface area contributed by atoms with Crippen LogP contribution in [0.15, 0.2) is 5.38 Å². The number of anilines is 1. The number of urea groups is 1. The number of hydrogen-bond acceptors (Lipinski definition) is 6. The molecule has 0 bridgehead atoms. The topological polar surface area (TPSA) is 80.8 Å². The molecule has 2 amide bonds. The van der Waals surface area contributed by atoms with E-state index in [0.29, 0.717) is 24.8 Å². The quantitative estimate of drug-likeness (QED) is 0.855. The Kier molecular flexibility index (Phi) is 5.02. The second kappa shape index (κ2) is 6.62. The Labute approximate surface area is 133 Å². The number of esters is 1. The minimum atomic E-state index is -0.670. The van der Waals surface area contributed by atoms with Crippen LogP contribution >= 0.6 is 11.3 Å². The number of carbonyl (C=O) groups excluding carboxylic acids is 2. The summed E-state index contributed by atoms with van der Waals surface area (Å²) >= 11 is 1.35. The van der Waals surface area contributed by atoms with Crippen molar-refractivity contribution in [2.45, 2.75) is 20.5 Å². The van der Waals surface area contributed by atoms with E-state index >= 15 is 0 Å². The smallest absolute Gasteiger partial charge is 0.323 e. The number of thiazole rings is 1. The van der Waals surface area contributed by atoms with E-state index in [-0.39, 0.29) is 17.9 Å². The number of nitrogens with one attached hydrogen (secondary N) is 1. The zero-order valence-electron chi connectivity index (χ0n) is 13.2. The summed E-state index contributed by atoms with van der Waals surface area (Å²) in [5, 5.41) is 5.13. The third-order valence-corrected chi connectivity index (χ3v) is 4.90. The van der Waals surface area contributed by atoms with Crippen molar-refractivity contribution in [1.82, 2.24) is 9.88 Å². The van der Waals surface area contributed by atoms with Crippen molar-refractivity contribution in [1.29, 1.82) is 0 Å². The summed E-state index contributed by atoms with van der Waals surface area (Å²) in [6.07, 6.45) is 0. The molecule has 8 heteroatoms. The average Bonchev–Trinajstić information content (AvgIpc) is 3.04. The standard InChI is InChI=1S/C14H21N3O4S/c1-9-5-17(8-14(9,2)11(18)21-4)13(19)16-12-15-10(6-20-3)7-22-12/h7,9H,5-6,8H2,1-4H3,(H,15,16,19)/t9-,14-/m1/s1. The Morgan fingerprint density at radius 1 is 1.55 bits per heavy atom. The third-order valence-electron chi connectivity index (χ3n) is 4.10. The fraction of sp³-hybridized carbons (Fsp3) is 0.643. The van der Waals surface area contributed by atoms with Crippen LogP contribution in [0, 0.1) is 11.3 Å². The normalized spacial score (nSPS) is 24.4. The molecule has 1 aromatic heterocycles.